The molecule has 0 aromatic heterocycles. The maximum Gasteiger partial charge on any atom is 0.0377 e. The largest absolute Gasteiger partial charge is 0.294 e. The Morgan fingerprint density at radius 3 is 2.31 bits per heavy atom. The molecule has 4 heteroatoms. The molecular formula is C12H18Cl3N. The smallest absolute Gasteiger partial charge is 0.0377 e. The second-order valence-corrected chi connectivity index (χ2v) is 4.33. The molecule has 1 atom stereocenters. The number of hydrogen-bond acceptors (Lipinski definition) is 1. The van der Waals surface area contributed by atoms with E-state index in [0.717, 1.165) is 13.1 Å². The quantitative estimate of drug-likeness (QED) is 0.718. The molecule has 0 spiro atoms. The van der Waals surface area contributed by atoms with Gasteiger partial charge in [-0.15, -0.1) is 35.6 Å². The highest BCUT2D eigenvalue weighted by Crippen LogP contribution is 2.09. The second kappa shape index (κ2) is 9.12. The van der Waals surface area contributed by atoms with E-state index in [1.165, 1.54) is 5.56 Å². The molecule has 1 rings (SSSR count). The highest BCUT2D eigenvalue weighted by atomic mass is 35.5. The lowest BCUT2D eigenvalue weighted by Gasteiger charge is -2.26. The molecule has 0 aliphatic heterocycles. The van der Waals surface area contributed by atoms with Crippen LogP contribution in [0, 0.1) is 0 Å². The molecular weight excluding hydrogens is 264 g/mol. The lowest BCUT2D eigenvalue weighted by molar-refractivity contribution is 0.229. The molecule has 0 aliphatic rings. The van der Waals surface area contributed by atoms with Gasteiger partial charge in [-0.3, -0.25) is 4.90 Å². The van der Waals surface area contributed by atoms with Gasteiger partial charge in [0.15, 0.2) is 0 Å². The highest BCUT2D eigenvalue weighted by molar-refractivity contribution is 6.18. The van der Waals surface area contributed by atoms with Crippen molar-refractivity contribution in [3.63, 3.8) is 0 Å². The zero-order valence-corrected chi connectivity index (χ0v) is 11.7. The van der Waals surface area contributed by atoms with Crippen molar-refractivity contribution in [1.29, 1.82) is 0 Å². The zero-order valence-electron chi connectivity index (χ0n) is 9.40. The van der Waals surface area contributed by atoms with E-state index in [-0.39, 0.29) is 12.4 Å². The summed E-state index contributed by atoms with van der Waals surface area (Å²) in [6, 6.07) is 10.8. The Morgan fingerprint density at radius 1 is 1.19 bits per heavy atom. The number of alkyl halides is 2. The number of nitrogens with zero attached hydrogens (tertiary/aromatic N) is 1. The standard InChI is InChI=1S/C12H17Cl2N.ClH/c1-11(9-14)15(8-7-13)10-12-5-3-2-4-6-12;/h2-6,11H,7-10H2,1H3;1H. The third-order valence-electron chi connectivity index (χ3n) is 2.45. The Balaban J connectivity index is 0.00000225. The van der Waals surface area contributed by atoms with Gasteiger partial charge in [-0.1, -0.05) is 30.3 Å². The fourth-order valence-electron chi connectivity index (χ4n) is 1.48. The first-order valence-corrected chi connectivity index (χ1v) is 6.24. The van der Waals surface area contributed by atoms with Crippen molar-refractivity contribution < 1.29 is 0 Å². The SMILES string of the molecule is CC(CCl)N(CCCl)Cc1ccccc1.Cl. The second-order valence-electron chi connectivity index (χ2n) is 3.65. The normalized spacial score (nSPS) is 12.2. The maximum absolute atomic E-state index is 5.86. The van der Waals surface area contributed by atoms with Gasteiger partial charge < -0.3 is 0 Å². The molecule has 0 bridgehead atoms. The zero-order chi connectivity index (χ0) is 11.1. The van der Waals surface area contributed by atoms with Crippen LogP contribution in [0.1, 0.15) is 12.5 Å². The van der Waals surface area contributed by atoms with Crippen LogP contribution in [-0.4, -0.2) is 29.2 Å². The Labute approximate surface area is 114 Å². The van der Waals surface area contributed by atoms with E-state index in [1.54, 1.807) is 0 Å². The summed E-state index contributed by atoms with van der Waals surface area (Å²) in [6.45, 7) is 3.92. The van der Waals surface area contributed by atoms with Gasteiger partial charge in [-0.05, 0) is 12.5 Å². The molecule has 92 valence electrons. The predicted octanol–water partition coefficient (Wildman–Crippen LogP) is 3.78. The van der Waals surface area contributed by atoms with Gasteiger partial charge in [0.2, 0.25) is 0 Å². The average Bonchev–Trinajstić information content (AvgIpc) is 2.29. The minimum absolute atomic E-state index is 0. The fraction of sp³-hybridized carbons (Fsp3) is 0.500. The molecule has 0 saturated heterocycles. The van der Waals surface area contributed by atoms with Crippen molar-refractivity contribution in [2.75, 3.05) is 18.3 Å². The minimum Gasteiger partial charge on any atom is -0.294 e. The highest BCUT2D eigenvalue weighted by Gasteiger charge is 2.12. The van der Waals surface area contributed by atoms with Crippen molar-refractivity contribution in [2.24, 2.45) is 0 Å². The minimum atomic E-state index is 0. The summed E-state index contributed by atoms with van der Waals surface area (Å²) in [7, 11) is 0. The molecule has 1 nitrogen and oxygen atoms in total. The first kappa shape index (κ1) is 16.1. The summed E-state index contributed by atoms with van der Waals surface area (Å²) in [6.07, 6.45) is 0. The number of halogens is 3. The number of hydrogen-bond donors (Lipinski definition) is 0. The van der Waals surface area contributed by atoms with Crippen LogP contribution in [0.4, 0.5) is 0 Å². The summed E-state index contributed by atoms with van der Waals surface area (Å²) >= 11 is 11.6. The Kier molecular flexibility index (Phi) is 9.15. The van der Waals surface area contributed by atoms with Crippen LogP contribution in [0.3, 0.4) is 0 Å². The molecule has 0 heterocycles. The van der Waals surface area contributed by atoms with Gasteiger partial charge in [-0.2, -0.15) is 0 Å². The Bertz CT molecular complexity index is 266. The van der Waals surface area contributed by atoms with Crippen LogP contribution >= 0.6 is 35.6 Å². The first-order valence-electron chi connectivity index (χ1n) is 5.18. The molecule has 1 unspecified atom stereocenters. The summed E-state index contributed by atoms with van der Waals surface area (Å²) in [5, 5.41) is 0. The van der Waals surface area contributed by atoms with Crippen LogP contribution in [0.15, 0.2) is 30.3 Å². The van der Waals surface area contributed by atoms with Gasteiger partial charge in [0, 0.05) is 30.9 Å². The maximum atomic E-state index is 5.86. The molecule has 1 aromatic rings. The van der Waals surface area contributed by atoms with Gasteiger partial charge in [0.05, 0.1) is 0 Å². The van der Waals surface area contributed by atoms with E-state index >= 15 is 0 Å². The first-order chi connectivity index (χ1) is 7.27. The molecule has 0 fully saturated rings. The van der Waals surface area contributed by atoms with Gasteiger partial charge in [-0.25, -0.2) is 0 Å². The molecule has 16 heavy (non-hydrogen) atoms. The Morgan fingerprint density at radius 2 is 1.81 bits per heavy atom. The summed E-state index contributed by atoms with van der Waals surface area (Å²) in [5.74, 6) is 1.29. The van der Waals surface area contributed by atoms with E-state index in [9.17, 15) is 0 Å². The van der Waals surface area contributed by atoms with Crippen molar-refractivity contribution in [1.82, 2.24) is 4.90 Å². The lowest BCUT2D eigenvalue weighted by Crippen LogP contribution is -2.35. The van der Waals surface area contributed by atoms with Gasteiger partial charge in [0.25, 0.3) is 0 Å². The van der Waals surface area contributed by atoms with E-state index in [0.29, 0.717) is 17.8 Å². The molecule has 0 radical (unpaired) electrons. The van der Waals surface area contributed by atoms with E-state index in [2.05, 4.69) is 36.1 Å². The molecule has 0 N–H and O–H groups in total. The molecule has 0 aliphatic carbocycles. The van der Waals surface area contributed by atoms with E-state index in [4.69, 9.17) is 23.2 Å². The van der Waals surface area contributed by atoms with Gasteiger partial charge in [0.1, 0.15) is 0 Å². The lowest BCUT2D eigenvalue weighted by atomic mass is 10.2. The molecule has 0 saturated carbocycles. The Hall–Kier alpha value is 0.0500. The predicted molar refractivity (Wildman–Crippen MR) is 75.0 cm³/mol. The third-order valence-corrected chi connectivity index (χ3v) is 3.06. The number of benzene rings is 1. The molecule has 0 amide bonds. The number of rotatable bonds is 6. The van der Waals surface area contributed by atoms with Crippen molar-refractivity contribution >= 4 is 35.6 Å². The average molecular weight is 283 g/mol. The van der Waals surface area contributed by atoms with E-state index < -0.39 is 0 Å². The van der Waals surface area contributed by atoms with Crippen LogP contribution in [-0.2, 0) is 6.54 Å². The van der Waals surface area contributed by atoms with Gasteiger partial charge >= 0.3 is 0 Å². The van der Waals surface area contributed by atoms with Crippen LogP contribution in [0.2, 0.25) is 0 Å². The summed E-state index contributed by atoms with van der Waals surface area (Å²) in [4.78, 5) is 2.30. The third kappa shape index (κ3) is 5.40. The van der Waals surface area contributed by atoms with Crippen molar-refractivity contribution in [2.45, 2.75) is 19.5 Å². The fourth-order valence-corrected chi connectivity index (χ4v) is 1.89. The monoisotopic (exact) mass is 281 g/mol. The van der Waals surface area contributed by atoms with Crippen LogP contribution in [0.25, 0.3) is 0 Å². The van der Waals surface area contributed by atoms with Crippen molar-refractivity contribution in [3.8, 4) is 0 Å². The summed E-state index contributed by atoms with van der Waals surface area (Å²) < 4.78 is 0. The summed E-state index contributed by atoms with van der Waals surface area (Å²) in [5.41, 5.74) is 1.31. The van der Waals surface area contributed by atoms with Crippen molar-refractivity contribution in [3.05, 3.63) is 35.9 Å². The molecule has 1 aromatic carbocycles. The van der Waals surface area contributed by atoms with E-state index in [1.807, 2.05) is 6.07 Å². The van der Waals surface area contributed by atoms with Crippen LogP contribution in [0.5, 0.6) is 0 Å². The topological polar surface area (TPSA) is 3.24 Å². The van der Waals surface area contributed by atoms with Crippen LogP contribution < -0.4 is 0 Å².